The van der Waals surface area contributed by atoms with Crippen LogP contribution in [0.2, 0.25) is 0 Å². The molecule has 0 aliphatic carbocycles. The van der Waals surface area contributed by atoms with Crippen molar-refractivity contribution in [3.05, 3.63) is 0 Å². The highest BCUT2D eigenvalue weighted by molar-refractivity contribution is 8.00. The number of hydrogen-bond donors (Lipinski definition) is 2. The molecule has 0 bridgehead atoms. The molecular formula is C7H16N2S. The second kappa shape index (κ2) is 4.21. The van der Waals surface area contributed by atoms with E-state index in [1.54, 1.807) is 0 Å². The SMILES string of the molecule is CC1CC(NCCN)CS1. The van der Waals surface area contributed by atoms with E-state index < -0.39 is 0 Å². The summed E-state index contributed by atoms with van der Waals surface area (Å²) >= 11 is 2.05. The van der Waals surface area contributed by atoms with Crippen LogP contribution in [0.1, 0.15) is 13.3 Å². The maximum Gasteiger partial charge on any atom is 0.0169 e. The van der Waals surface area contributed by atoms with Crippen molar-refractivity contribution in [2.24, 2.45) is 5.73 Å². The molecule has 2 atom stereocenters. The Bertz CT molecular complexity index is 97.6. The number of nitrogens with two attached hydrogens (primary N) is 1. The summed E-state index contributed by atoms with van der Waals surface area (Å²) in [7, 11) is 0. The Morgan fingerprint density at radius 2 is 2.50 bits per heavy atom. The van der Waals surface area contributed by atoms with Gasteiger partial charge in [0.05, 0.1) is 0 Å². The van der Waals surface area contributed by atoms with E-state index in [9.17, 15) is 0 Å². The molecule has 1 rings (SSSR count). The lowest BCUT2D eigenvalue weighted by molar-refractivity contribution is 0.546. The van der Waals surface area contributed by atoms with Gasteiger partial charge in [0.1, 0.15) is 0 Å². The zero-order chi connectivity index (χ0) is 7.40. The van der Waals surface area contributed by atoms with Crippen LogP contribution in [0.4, 0.5) is 0 Å². The molecule has 2 nitrogen and oxygen atoms in total. The molecule has 0 radical (unpaired) electrons. The molecule has 1 aliphatic heterocycles. The summed E-state index contributed by atoms with van der Waals surface area (Å²) in [5.41, 5.74) is 5.37. The molecule has 0 aromatic carbocycles. The highest BCUT2D eigenvalue weighted by Gasteiger charge is 2.20. The van der Waals surface area contributed by atoms with Crippen molar-refractivity contribution in [3.8, 4) is 0 Å². The van der Waals surface area contributed by atoms with Gasteiger partial charge in [-0.2, -0.15) is 11.8 Å². The lowest BCUT2D eigenvalue weighted by Crippen LogP contribution is -2.33. The zero-order valence-electron chi connectivity index (χ0n) is 6.47. The minimum absolute atomic E-state index is 0.726. The molecule has 3 N–H and O–H groups in total. The van der Waals surface area contributed by atoms with Gasteiger partial charge in [0.2, 0.25) is 0 Å². The summed E-state index contributed by atoms with van der Waals surface area (Å²) in [4.78, 5) is 0. The van der Waals surface area contributed by atoms with Crippen molar-refractivity contribution >= 4 is 11.8 Å². The van der Waals surface area contributed by atoms with Crippen LogP contribution in [-0.4, -0.2) is 30.1 Å². The van der Waals surface area contributed by atoms with E-state index in [2.05, 4.69) is 24.0 Å². The first-order valence-electron chi connectivity index (χ1n) is 3.88. The Hall–Kier alpha value is 0.270. The summed E-state index contributed by atoms with van der Waals surface area (Å²) in [6.45, 7) is 4.02. The van der Waals surface area contributed by atoms with E-state index in [-0.39, 0.29) is 0 Å². The quantitative estimate of drug-likeness (QED) is 0.629. The van der Waals surface area contributed by atoms with Crippen LogP contribution in [0.25, 0.3) is 0 Å². The maximum absolute atomic E-state index is 5.37. The fourth-order valence-corrected chi connectivity index (χ4v) is 2.43. The van der Waals surface area contributed by atoms with Crippen LogP contribution >= 0.6 is 11.8 Å². The predicted molar refractivity (Wildman–Crippen MR) is 47.4 cm³/mol. The Balaban J connectivity index is 2.06. The van der Waals surface area contributed by atoms with E-state index in [0.717, 1.165) is 24.4 Å². The third-order valence-electron chi connectivity index (χ3n) is 1.78. The smallest absolute Gasteiger partial charge is 0.0169 e. The van der Waals surface area contributed by atoms with Crippen molar-refractivity contribution in [1.29, 1.82) is 0 Å². The van der Waals surface area contributed by atoms with Crippen LogP contribution in [0.15, 0.2) is 0 Å². The molecule has 0 aromatic heterocycles. The molecule has 1 aliphatic rings. The van der Waals surface area contributed by atoms with Gasteiger partial charge >= 0.3 is 0 Å². The highest BCUT2D eigenvalue weighted by atomic mass is 32.2. The van der Waals surface area contributed by atoms with Crippen molar-refractivity contribution in [2.75, 3.05) is 18.8 Å². The summed E-state index contributed by atoms with van der Waals surface area (Å²) in [5, 5.41) is 4.26. The van der Waals surface area contributed by atoms with Crippen molar-refractivity contribution in [2.45, 2.75) is 24.6 Å². The lowest BCUT2D eigenvalue weighted by atomic mass is 10.2. The van der Waals surface area contributed by atoms with Crippen LogP contribution in [0.3, 0.4) is 0 Å². The average Bonchev–Trinajstić information content (AvgIpc) is 2.31. The van der Waals surface area contributed by atoms with Gasteiger partial charge in [0, 0.05) is 30.1 Å². The van der Waals surface area contributed by atoms with Gasteiger partial charge in [-0.1, -0.05) is 6.92 Å². The van der Waals surface area contributed by atoms with E-state index in [1.165, 1.54) is 12.2 Å². The molecule has 3 heteroatoms. The first-order chi connectivity index (χ1) is 4.83. The fraction of sp³-hybridized carbons (Fsp3) is 1.00. The predicted octanol–water partition coefficient (Wildman–Crippen LogP) is 0.429. The first-order valence-corrected chi connectivity index (χ1v) is 4.93. The summed E-state index contributed by atoms with van der Waals surface area (Å²) in [5.74, 6) is 1.27. The normalized spacial score (nSPS) is 33.0. The van der Waals surface area contributed by atoms with E-state index in [0.29, 0.717) is 0 Å². The topological polar surface area (TPSA) is 38.0 Å². The number of nitrogens with one attached hydrogen (secondary N) is 1. The van der Waals surface area contributed by atoms with Crippen LogP contribution in [0, 0.1) is 0 Å². The van der Waals surface area contributed by atoms with Crippen molar-refractivity contribution in [3.63, 3.8) is 0 Å². The standard InChI is InChI=1S/C7H16N2S/c1-6-4-7(5-10-6)9-3-2-8/h6-7,9H,2-5,8H2,1H3. The Labute approximate surface area is 66.9 Å². The second-order valence-electron chi connectivity index (χ2n) is 2.82. The Morgan fingerprint density at radius 3 is 3.00 bits per heavy atom. The van der Waals surface area contributed by atoms with Crippen LogP contribution in [-0.2, 0) is 0 Å². The van der Waals surface area contributed by atoms with Gasteiger partial charge in [0.15, 0.2) is 0 Å². The number of thioether (sulfide) groups is 1. The molecule has 10 heavy (non-hydrogen) atoms. The molecule has 1 heterocycles. The monoisotopic (exact) mass is 160 g/mol. The molecule has 1 saturated heterocycles. The van der Waals surface area contributed by atoms with Gasteiger partial charge in [-0.05, 0) is 6.42 Å². The summed E-state index contributed by atoms with van der Waals surface area (Å²) < 4.78 is 0. The molecule has 60 valence electrons. The van der Waals surface area contributed by atoms with Crippen molar-refractivity contribution < 1.29 is 0 Å². The van der Waals surface area contributed by atoms with Crippen LogP contribution in [0.5, 0.6) is 0 Å². The largest absolute Gasteiger partial charge is 0.329 e. The van der Waals surface area contributed by atoms with E-state index in [4.69, 9.17) is 5.73 Å². The van der Waals surface area contributed by atoms with Gasteiger partial charge in [0.25, 0.3) is 0 Å². The molecule has 0 aromatic rings. The van der Waals surface area contributed by atoms with Gasteiger partial charge in [-0.25, -0.2) is 0 Å². The fourth-order valence-electron chi connectivity index (χ4n) is 1.25. The average molecular weight is 160 g/mol. The van der Waals surface area contributed by atoms with Gasteiger partial charge in [-0.3, -0.25) is 0 Å². The number of rotatable bonds is 3. The van der Waals surface area contributed by atoms with E-state index in [1.807, 2.05) is 0 Å². The molecule has 0 amide bonds. The third kappa shape index (κ3) is 2.48. The molecule has 0 spiro atoms. The van der Waals surface area contributed by atoms with E-state index >= 15 is 0 Å². The summed E-state index contributed by atoms with van der Waals surface area (Å²) in [6, 6.07) is 0.726. The summed E-state index contributed by atoms with van der Waals surface area (Å²) in [6.07, 6.45) is 1.31. The molecular weight excluding hydrogens is 144 g/mol. The minimum atomic E-state index is 0.726. The molecule has 0 saturated carbocycles. The lowest BCUT2D eigenvalue weighted by Gasteiger charge is -2.09. The third-order valence-corrected chi connectivity index (χ3v) is 3.13. The Kier molecular flexibility index (Phi) is 3.52. The highest BCUT2D eigenvalue weighted by Crippen LogP contribution is 2.25. The van der Waals surface area contributed by atoms with Crippen molar-refractivity contribution in [1.82, 2.24) is 5.32 Å². The van der Waals surface area contributed by atoms with Gasteiger partial charge in [-0.15, -0.1) is 0 Å². The first kappa shape index (κ1) is 8.37. The molecule has 2 unspecified atom stereocenters. The van der Waals surface area contributed by atoms with Crippen LogP contribution < -0.4 is 11.1 Å². The number of hydrogen-bond acceptors (Lipinski definition) is 3. The molecule has 1 fully saturated rings. The van der Waals surface area contributed by atoms with Gasteiger partial charge < -0.3 is 11.1 Å². The minimum Gasteiger partial charge on any atom is -0.329 e. The Morgan fingerprint density at radius 1 is 1.70 bits per heavy atom. The maximum atomic E-state index is 5.37. The zero-order valence-corrected chi connectivity index (χ0v) is 7.29. The second-order valence-corrected chi connectivity index (χ2v) is 4.29.